The molecule has 3 aromatic rings. The van der Waals surface area contributed by atoms with Crippen molar-refractivity contribution in [2.45, 2.75) is 76.6 Å². The van der Waals surface area contributed by atoms with E-state index in [2.05, 4.69) is 50.1 Å². The minimum atomic E-state index is -4.40. The minimum absolute atomic E-state index is 0.0158. The summed E-state index contributed by atoms with van der Waals surface area (Å²) in [5.74, 6) is 1.37. The predicted molar refractivity (Wildman–Crippen MR) is 131 cm³/mol. The van der Waals surface area contributed by atoms with Crippen LogP contribution in [0.2, 0.25) is 0 Å². The highest BCUT2D eigenvalue weighted by Gasteiger charge is 2.31. The van der Waals surface area contributed by atoms with Gasteiger partial charge in [0.25, 0.3) is 5.22 Å². The molecule has 1 N–H and O–H groups in total. The van der Waals surface area contributed by atoms with Gasteiger partial charge in [-0.05, 0) is 54.0 Å². The zero-order valence-corrected chi connectivity index (χ0v) is 20.8. The van der Waals surface area contributed by atoms with E-state index in [-0.39, 0.29) is 11.4 Å². The fourth-order valence-electron chi connectivity index (χ4n) is 3.77. The molecule has 8 heteroatoms. The maximum Gasteiger partial charge on any atom is 0.416 e. The molecule has 184 valence electrons. The van der Waals surface area contributed by atoms with Gasteiger partial charge in [0.05, 0.1) is 5.56 Å². The molecule has 0 radical (unpaired) electrons. The van der Waals surface area contributed by atoms with E-state index in [1.165, 1.54) is 17.8 Å². The van der Waals surface area contributed by atoms with Gasteiger partial charge in [0.2, 0.25) is 5.91 Å². The lowest BCUT2D eigenvalue weighted by molar-refractivity contribution is -0.137. The summed E-state index contributed by atoms with van der Waals surface area (Å²) in [7, 11) is 0. The van der Waals surface area contributed by atoms with Gasteiger partial charge < -0.3 is 9.73 Å². The van der Waals surface area contributed by atoms with Crippen molar-refractivity contribution in [3.63, 3.8) is 0 Å². The van der Waals surface area contributed by atoms with Crippen LogP contribution >= 0.6 is 11.8 Å². The minimum Gasteiger partial charge on any atom is -0.431 e. The second-order valence-corrected chi connectivity index (χ2v) is 10.0. The van der Waals surface area contributed by atoms with Crippen molar-refractivity contribution in [2.75, 3.05) is 11.1 Å². The number of hydrogen-bond donors (Lipinski definition) is 1. The number of nitrogens with zero attached hydrogens (tertiary/aromatic N) is 1. The first-order chi connectivity index (χ1) is 16.1. The fourth-order valence-corrected chi connectivity index (χ4v) is 4.60. The first kappa shape index (κ1) is 26.1. The molecular weight excluding hydrogens is 461 g/mol. The van der Waals surface area contributed by atoms with Gasteiger partial charge in [-0.2, -0.15) is 13.2 Å². The number of benzene rings is 2. The van der Waals surface area contributed by atoms with Crippen molar-refractivity contribution in [3.8, 4) is 0 Å². The second-order valence-electron chi connectivity index (χ2n) is 8.99. The Morgan fingerprint density at radius 3 is 2.32 bits per heavy atom. The summed E-state index contributed by atoms with van der Waals surface area (Å²) in [6.45, 7) is 8.50. The van der Waals surface area contributed by atoms with Crippen LogP contribution in [0.5, 0.6) is 0 Å². The number of amides is 1. The van der Waals surface area contributed by atoms with Gasteiger partial charge in [0.15, 0.2) is 5.58 Å². The van der Waals surface area contributed by atoms with Crippen molar-refractivity contribution in [3.05, 3.63) is 53.1 Å². The quantitative estimate of drug-likeness (QED) is 0.228. The summed E-state index contributed by atoms with van der Waals surface area (Å²) in [5.41, 5.74) is 3.05. The monoisotopic (exact) mass is 492 g/mol. The Labute approximate surface area is 202 Å². The van der Waals surface area contributed by atoms with Crippen LogP contribution in [-0.2, 0) is 11.0 Å². The molecule has 0 fully saturated rings. The summed E-state index contributed by atoms with van der Waals surface area (Å²) >= 11 is 1.37. The normalized spacial score (nSPS) is 12.1. The lowest BCUT2D eigenvalue weighted by Crippen LogP contribution is -2.15. The van der Waals surface area contributed by atoms with Crippen LogP contribution in [0.4, 0.5) is 18.9 Å². The second kappa shape index (κ2) is 11.3. The summed E-state index contributed by atoms with van der Waals surface area (Å²) in [5, 5.41) is 3.50. The molecule has 0 atom stereocenters. The highest BCUT2D eigenvalue weighted by Crippen LogP contribution is 2.34. The number of thioether (sulfide) groups is 1. The molecule has 1 amide bonds. The van der Waals surface area contributed by atoms with Crippen LogP contribution in [0.15, 0.2) is 46.0 Å². The van der Waals surface area contributed by atoms with E-state index in [4.69, 9.17) is 4.42 Å². The third-order valence-electron chi connectivity index (χ3n) is 5.61. The molecule has 0 bridgehead atoms. The van der Waals surface area contributed by atoms with E-state index in [0.717, 1.165) is 48.2 Å². The summed E-state index contributed by atoms with van der Waals surface area (Å²) < 4.78 is 44.0. The predicted octanol–water partition coefficient (Wildman–Crippen LogP) is 8.38. The standard InChI is InChI=1S/C26H31F3N2O2S/c1-16(2)19-9-8-10-20(17(3)4)24(19)31-23(32)11-6-5-7-14-34-25-30-21-15-18(26(27,28)29)12-13-22(21)33-25/h8-10,12-13,15-17H,5-7,11,14H2,1-4H3,(H,31,32). The highest BCUT2D eigenvalue weighted by atomic mass is 32.2. The van der Waals surface area contributed by atoms with Crippen molar-refractivity contribution >= 4 is 34.5 Å². The van der Waals surface area contributed by atoms with Gasteiger partial charge in [0.1, 0.15) is 5.52 Å². The molecule has 2 aromatic carbocycles. The molecule has 3 rings (SSSR count). The number of para-hydroxylation sites is 1. The molecule has 0 spiro atoms. The van der Waals surface area contributed by atoms with Gasteiger partial charge in [0, 0.05) is 17.9 Å². The van der Waals surface area contributed by atoms with E-state index in [0.29, 0.717) is 34.8 Å². The number of rotatable bonds is 10. The molecule has 0 aliphatic heterocycles. The van der Waals surface area contributed by atoms with E-state index >= 15 is 0 Å². The maximum absolute atomic E-state index is 12.8. The molecule has 0 saturated heterocycles. The summed E-state index contributed by atoms with van der Waals surface area (Å²) in [6, 6.07) is 9.49. The third kappa shape index (κ3) is 6.78. The zero-order valence-electron chi connectivity index (χ0n) is 20.0. The van der Waals surface area contributed by atoms with E-state index in [1.54, 1.807) is 0 Å². The maximum atomic E-state index is 12.8. The van der Waals surface area contributed by atoms with Crippen molar-refractivity contribution < 1.29 is 22.4 Å². The van der Waals surface area contributed by atoms with Crippen LogP contribution < -0.4 is 5.32 Å². The van der Waals surface area contributed by atoms with Crippen LogP contribution in [-0.4, -0.2) is 16.6 Å². The van der Waals surface area contributed by atoms with Crippen LogP contribution in [0.25, 0.3) is 11.1 Å². The van der Waals surface area contributed by atoms with Crippen LogP contribution in [0.3, 0.4) is 0 Å². The molecule has 1 heterocycles. The molecule has 0 aliphatic rings. The van der Waals surface area contributed by atoms with Crippen molar-refractivity contribution in [2.24, 2.45) is 0 Å². The smallest absolute Gasteiger partial charge is 0.416 e. The number of carbonyl (C=O) groups excluding carboxylic acids is 1. The lowest BCUT2D eigenvalue weighted by atomic mass is 9.92. The van der Waals surface area contributed by atoms with E-state index < -0.39 is 11.7 Å². The van der Waals surface area contributed by atoms with Gasteiger partial charge in [-0.15, -0.1) is 0 Å². The topological polar surface area (TPSA) is 55.1 Å². The fraction of sp³-hybridized carbons (Fsp3) is 0.462. The number of anilines is 1. The van der Waals surface area contributed by atoms with Crippen LogP contribution in [0.1, 0.15) is 81.9 Å². The number of halogens is 3. The molecule has 34 heavy (non-hydrogen) atoms. The zero-order chi connectivity index (χ0) is 24.9. The third-order valence-corrected chi connectivity index (χ3v) is 6.52. The Kier molecular flexibility index (Phi) is 8.68. The first-order valence-corrected chi connectivity index (χ1v) is 12.6. The number of nitrogens with one attached hydrogen (secondary N) is 1. The van der Waals surface area contributed by atoms with Crippen molar-refractivity contribution in [1.29, 1.82) is 0 Å². The largest absolute Gasteiger partial charge is 0.431 e. The Hall–Kier alpha value is -2.48. The number of oxazole rings is 1. The number of alkyl halides is 3. The Balaban J connectivity index is 1.45. The average molecular weight is 493 g/mol. The van der Waals surface area contributed by atoms with Crippen LogP contribution in [0, 0.1) is 0 Å². The number of carbonyl (C=O) groups is 1. The lowest BCUT2D eigenvalue weighted by Gasteiger charge is -2.20. The van der Waals surface area contributed by atoms with Crippen molar-refractivity contribution in [1.82, 2.24) is 4.98 Å². The summed E-state index contributed by atoms with van der Waals surface area (Å²) in [6.07, 6.45) is -1.49. The molecule has 0 aliphatic carbocycles. The Morgan fingerprint density at radius 2 is 1.71 bits per heavy atom. The Morgan fingerprint density at radius 1 is 1.03 bits per heavy atom. The van der Waals surface area contributed by atoms with E-state index in [1.807, 2.05) is 6.07 Å². The average Bonchev–Trinajstić information content (AvgIpc) is 3.17. The molecule has 4 nitrogen and oxygen atoms in total. The first-order valence-electron chi connectivity index (χ1n) is 11.6. The number of aromatic nitrogens is 1. The molecule has 0 unspecified atom stereocenters. The highest BCUT2D eigenvalue weighted by molar-refractivity contribution is 7.99. The SMILES string of the molecule is CC(C)c1cccc(C(C)C)c1NC(=O)CCCCCSc1nc2cc(C(F)(F)F)ccc2o1. The van der Waals surface area contributed by atoms with Gasteiger partial charge in [-0.1, -0.05) is 64.1 Å². The number of fused-ring (bicyclic) bond motifs is 1. The van der Waals surface area contributed by atoms with Gasteiger partial charge in [-0.3, -0.25) is 4.79 Å². The molecule has 1 aromatic heterocycles. The number of unbranched alkanes of at least 4 members (excludes halogenated alkanes) is 2. The molecule has 0 saturated carbocycles. The van der Waals surface area contributed by atoms with E-state index in [9.17, 15) is 18.0 Å². The summed E-state index contributed by atoms with van der Waals surface area (Å²) in [4.78, 5) is 16.7. The number of hydrogen-bond acceptors (Lipinski definition) is 4. The van der Waals surface area contributed by atoms with Gasteiger partial charge >= 0.3 is 6.18 Å². The molecular formula is C26H31F3N2O2S. The van der Waals surface area contributed by atoms with Gasteiger partial charge in [-0.25, -0.2) is 4.98 Å². The Bertz CT molecular complexity index is 1100.